The number of hydrogen-bond donors (Lipinski definition) is 1. The molecular formula is C12H16BrCl2N. The van der Waals surface area contributed by atoms with Crippen molar-refractivity contribution in [2.75, 3.05) is 0 Å². The summed E-state index contributed by atoms with van der Waals surface area (Å²) in [6.07, 6.45) is 1.07. The van der Waals surface area contributed by atoms with Gasteiger partial charge in [-0.05, 0) is 25.5 Å². The number of hydrogen-bond acceptors (Lipinski definition) is 1. The van der Waals surface area contributed by atoms with Crippen molar-refractivity contribution in [1.82, 2.24) is 5.32 Å². The maximum absolute atomic E-state index is 6.09. The Balaban J connectivity index is 2.54. The minimum Gasteiger partial charge on any atom is -0.310 e. The molecule has 4 heteroatoms. The van der Waals surface area contributed by atoms with Gasteiger partial charge in [-0.3, -0.25) is 0 Å². The summed E-state index contributed by atoms with van der Waals surface area (Å²) < 4.78 is 0. The normalized spacial score (nSPS) is 14.8. The van der Waals surface area contributed by atoms with E-state index >= 15 is 0 Å². The fourth-order valence-corrected chi connectivity index (χ4v) is 2.64. The van der Waals surface area contributed by atoms with Gasteiger partial charge in [-0.1, -0.05) is 52.1 Å². The van der Waals surface area contributed by atoms with Crippen LogP contribution in [0.5, 0.6) is 0 Å². The molecule has 0 saturated carbocycles. The first-order valence-electron chi connectivity index (χ1n) is 5.31. The minimum atomic E-state index is 0.432. The van der Waals surface area contributed by atoms with Crippen LogP contribution in [0.4, 0.5) is 0 Å². The molecule has 0 saturated heterocycles. The fraction of sp³-hybridized carbons (Fsp3) is 0.500. The molecule has 2 unspecified atom stereocenters. The summed E-state index contributed by atoms with van der Waals surface area (Å²) in [5.41, 5.74) is 0.972. The van der Waals surface area contributed by atoms with Crippen molar-refractivity contribution in [3.05, 3.63) is 33.8 Å². The van der Waals surface area contributed by atoms with E-state index in [0.29, 0.717) is 17.4 Å². The van der Waals surface area contributed by atoms with E-state index in [1.165, 1.54) is 0 Å². The quantitative estimate of drug-likeness (QED) is 0.778. The zero-order valence-electron chi connectivity index (χ0n) is 9.43. The molecule has 1 aromatic carbocycles. The van der Waals surface area contributed by atoms with E-state index in [1.54, 1.807) is 0 Å². The summed E-state index contributed by atoms with van der Waals surface area (Å²) in [7, 11) is 0. The summed E-state index contributed by atoms with van der Waals surface area (Å²) >= 11 is 15.7. The summed E-state index contributed by atoms with van der Waals surface area (Å²) in [5, 5.41) is 4.86. The highest BCUT2D eigenvalue weighted by atomic mass is 79.9. The Morgan fingerprint density at radius 2 is 1.81 bits per heavy atom. The van der Waals surface area contributed by atoms with Gasteiger partial charge in [0.1, 0.15) is 0 Å². The molecule has 0 fully saturated rings. The molecule has 0 amide bonds. The maximum Gasteiger partial charge on any atom is 0.0465 e. The second kappa shape index (κ2) is 6.85. The Morgan fingerprint density at radius 1 is 1.25 bits per heavy atom. The third kappa shape index (κ3) is 4.62. The van der Waals surface area contributed by atoms with Gasteiger partial charge in [-0.2, -0.15) is 0 Å². The molecule has 0 heterocycles. The van der Waals surface area contributed by atoms with E-state index in [4.69, 9.17) is 23.2 Å². The van der Waals surface area contributed by atoms with Crippen LogP contribution in [0.2, 0.25) is 10.0 Å². The van der Waals surface area contributed by atoms with Gasteiger partial charge in [0.15, 0.2) is 0 Å². The van der Waals surface area contributed by atoms with Crippen LogP contribution in [0, 0.1) is 0 Å². The van der Waals surface area contributed by atoms with Gasteiger partial charge in [-0.15, -0.1) is 0 Å². The SMILES string of the molecule is CC(Br)CC(C)NCc1c(Cl)cccc1Cl. The number of nitrogens with one attached hydrogen (secondary N) is 1. The molecule has 1 nitrogen and oxygen atoms in total. The van der Waals surface area contributed by atoms with Crippen LogP contribution in [0.3, 0.4) is 0 Å². The molecule has 0 aliphatic carbocycles. The standard InChI is InChI=1S/C12H16BrCl2N/c1-8(13)6-9(2)16-7-10-11(14)4-3-5-12(10)15/h3-5,8-9,16H,6-7H2,1-2H3. The summed E-state index contributed by atoms with van der Waals surface area (Å²) in [6.45, 7) is 5.00. The van der Waals surface area contributed by atoms with E-state index in [0.717, 1.165) is 22.0 Å². The summed E-state index contributed by atoms with van der Waals surface area (Å²) in [4.78, 5) is 0.511. The summed E-state index contributed by atoms with van der Waals surface area (Å²) in [6, 6.07) is 6.02. The topological polar surface area (TPSA) is 12.0 Å². The van der Waals surface area contributed by atoms with E-state index in [-0.39, 0.29) is 0 Å². The Labute approximate surface area is 116 Å². The van der Waals surface area contributed by atoms with E-state index in [9.17, 15) is 0 Å². The molecule has 0 aromatic heterocycles. The van der Waals surface area contributed by atoms with Crippen molar-refractivity contribution in [2.45, 2.75) is 37.7 Å². The lowest BCUT2D eigenvalue weighted by Gasteiger charge is -2.16. The molecule has 1 aromatic rings. The lowest BCUT2D eigenvalue weighted by Crippen LogP contribution is -2.27. The van der Waals surface area contributed by atoms with Crippen LogP contribution >= 0.6 is 39.1 Å². The Bertz CT molecular complexity index is 322. The van der Waals surface area contributed by atoms with Crippen LogP contribution in [0.15, 0.2) is 18.2 Å². The molecule has 0 spiro atoms. The van der Waals surface area contributed by atoms with Crippen molar-refractivity contribution in [3.63, 3.8) is 0 Å². The lowest BCUT2D eigenvalue weighted by atomic mass is 10.1. The monoisotopic (exact) mass is 323 g/mol. The van der Waals surface area contributed by atoms with Crippen LogP contribution in [-0.2, 0) is 6.54 Å². The van der Waals surface area contributed by atoms with E-state index < -0.39 is 0 Å². The number of alkyl halides is 1. The first-order chi connectivity index (χ1) is 7.50. The van der Waals surface area contributed by atoms with Gasteiger partial charge in [0.25, 0.3) is 0 Å². The van der Waals surface area contributed by atoms with Gasteiger partial charge in [0.05, 0.1) is 0 Å². The van der Waals surface area contributed by atoms with Crippen molar-refractivity contribution in [1.29, 1.82) is 0 Å². The molecule has 2 atom stereocenters. The molecule has 0 bridgehead atoms. The second-order valence-electron chi connectivity index (χ2n) is 4.00. The van der Waals surface area contributed by atoms with Gasteiger partial charge in [0, 0.05) is 33.0 Å². The average Bonchev–Trinajstić information content (AvgIpc) is 2.15. The van der Waals surface area contributed by atoms with Crippen molar-refractivity contribution >= 4 is 39.1 Å². The first kappa shape index (κ1) is 14.3. The van der Waals surface area contributed by atoms with Gasteiger partial charge < -0.3 is 5.32 Å². The largest absolute Gasteiger partial charge is 0.310 e. The van der Waals surface area contributed by atoms with Crippen molar-refractivity contribution < 1.29 is 0 Å². The zero-order valence-corrected chi connectivity index (χ0v) is 12.5. The molecule has 1 N–H and O–H groups in total. The smallest absolute Gasteiger partial charge is 0.0465 e. The van der Waals surface area contributed by atoms with Crippen LogP contribution in [0.25, 0.3) is 0 Å². The predicted octanol–water partition coefficient (Wildman–Crippen LogP) is 4.65. The van der Waals surface area contributed by atoms with Crippen LogP contribution in [-0.4, -0.2) is 10.9 Å². The van der Waals surface area contributed by atoms with Crippen LogP contribution < -0.4 is 5.32 Å². The second-order valence-corrected chi connectivity index (χ2v) is 6.38. The minimum absolute atomic E-state index is 0.432. The Morgan fingerprint density at radius 3 is 2.31 bits per heavy atom. The average molecular weight is 325 g/mol. The highest BCUT2D eigenvalue weighted by Gasteiger charge is 2.09. The lowest BCUT2D eigenvalue weighted by molar-refractivity contribution is 0.516. The number of benzene rings is 1. The van der Waals surface area contributed by atoms with Gasteiger partial charge >= 0.3 is 0 Å². The molecule has 1 rings (SSSR count). The molecule has 16 heavy (non-hydrogen) atoms. The molecule has 0 aliphatic rings. The van der Waals surface area contributed by atoms with Gasteiger partial charge in [-0.25, -0.2) is 0 Å². The summed E-state index contributed by atoms with van der Waals surface area (Å²) in [5.74, 6) is 0. The van der Waals surface area contributed by atoms with Crippen LogP contribution in [0.1, 0.15) is 25.8 Å². The fourth-order valence-electron chi connectivity index (χ4n) is 1.55. The zero-order chi connectivity index (χ0) is 12.1. The Kier molecular flexibility index (Phi) is 6.12. The number of halogens is 3. The highest BCUT2D eigenvalue weighted by Crippen LogP contribution is 2.24. The van der Waals surface area contributed by atoms with Crippen molar-refractivity contribution in [2.24, 2.45) is 0 Å². The Hall–Kier alpha value is 0.240. The third-order valence-electron chi connectivity index (χ3n) is 2.37. The third-order valence-corrected chi connectivity index (χ3v) is 3.45. The molecule has 0 aliphatic heterocycles. The maximum atomic E-state index is 6.09. The molecule has 90 valence electrons. The number of rotatable bonds is 5. The highest BCUT2D eigenvalue weighted by molar-refractivity contribution is 9.09. The van der Waals surface area contributed by atoms with E-state index in [2.05, 4.69) is 35.1 Å². The predicted molar refractivity (Wildman–Crippen MR) is 75.8 cm³/mol. The van der Waals surface area contributed by atoms with E-state index in [1.807, 2.05) is 18.2 Å². The molecule has 0 radical (unpaired) electrons. The van der Waals surface area contributed by atoms with Crippen molar-refractivity contribution in [3.8, 4) is 0 Å². The first-order valence-corrected chi connectivity index (χ1v) is 6.98. The van der Waals surface area contributed by atoms with Gasteiger partial charge in [0.2, 0.25) is 0 Å². The molecular weight excluding hydrogens is 309 g/mol.